The first-order chi connectivity index (χ1) is 16.0. The lowest BCUT2D eigenvalue weighted by molar-refractivity contribution is -0.115. The van der Waals surface area contributed by atoms with Crippen molar-refractivity contribution in [1.82, 2.24) is 0 Å². The van der Waals surface area contributed by atoms with Crippen molar-refractivity contribution >= 4 is 34.8 Å². The van der Waals surface area contributed by atoms with Crippen molar-refractivity contribution in [1.29, 1.82) is 0 Å². The molecule has 0 bridgehead atoms. The number of aliphatic hydroxyl groups is 1. The molecule has 0 aliphatic rings. The molecule has 0 saturated heterocycles. The Morgan fingerprint density at radius 2 is 1.68 bits per heavy atom. The van der Waals surface area contributed by atoms with Crippen molar-refractivity contribution in [3.63, 3.8) is 0 Å². The van der Waals surface area contributed by atoms with Crippen LogP contribution in [0.1, 0.15) is 34.0 Å². The largest absolute Gasteiger partial charge is 0.387 e. The molecule has 0 spiro atoms. The van der Waals surface area contributed by atoms with E-state index in [0.29, 0.717) is 21.8 Å². The van der Waals surface area contributed by atoms with Gasteiger partial charge in [-0.1, -0.05) is 35.9 Å². The fourth-order valence-electron chi connectivity index (χ4n) is 3.47. The van der Waals surface area contributed by atoms with Gasteiger partial charge in [-0.05, 0) is 67.4 Å². The molecule has 3 aromatic rings. The lowest BCUT2D eigenvalue weighted by Crippen LogP contribution is -2.27. The third-order valence-corrected chi connectivity index (χ3v) is 5.70. The molecule has 5 nitrogen and oxygen atoms in total. The van der Waals surface area contributed by atoms with Crippen LogP contribution in [0.25, 0.3) is 0 Å². The van der Waals surface area contributed by atoms with E-state index in [2.05, 4.69) is 5.32 Å². The molecule has 0 radical (unpaired) electrons. The summed E-state index contributed by atoms with van der Waals surface area (Å²) in [6.07, 6.45) is -1.83. The van der Waals surface area contributed by atoms with Crippen LogP contribution in [-0.4, -0.2) is 30.1 Å². The Morgan fingerprint density at radius 1 is 1.06 bits per heavy atom. The Kier molecular flexibility index (Phi) is 7.69. The highest BCUT2D eigenvalue weighted by atomic mass is 35.5. The average Bonchev–Trinajstić information content (AvgIpc) is 2.79. The summed E-state index contributed by atoms with van der Waals surface area (Å²) in [6, 6.07) is 17.0. The fraction of sp³-hybridized carbons (Fsp3) is 0.231. The predicted molar refractivity (Wildman–Crippen MR) is 130 cm³/mol. The van der Waals surface area contributed by atoms with Gasteiger partial charge in [0, 0.05) is 34.6 Å². The molecule has 3 rings (SSSR count). The molecule has 0 saturated carbocycles. The molecule has 1 unspecified atom stereocenters. The van der Waals surface area contributed by atoms with E-state index in [1.807, 2.05) is 6.92 Å². The van der Waals surface area contributed by atoms with E-state index in [1.54, 1.807) is 49.5 Å². The highest BCUT2D eigenvalue weighted by molar-refractivity contribution is 6.30. The summed E-state index contributed by atoms with van der Waals surface area (Å²) in [5.74, 6) is -3.90. The number of nitrogens with zero attached hydrogens (tertiary/aromatic N) is 1. The second-order valence-electron chi connectivity index (χ2n) is 8.09. The van der Waals surface area contributed by atoms with Crippen molar-refractivity contribution in [2.75, 3.05) is 17.3 Å². The number of nitrogens with one attached hydrogen (secondary N) is 1. The summed E-state index contributed by atoms with van der Waals surface area (Å²) >= 11 is 5.99. The third-order valence-electron chi connectivity index (χ3n) is 5.47. The Bertz CT molecular complexity index is 1180. The van der Waals surface area contributed by atoms with Gasteiger partial charge in [0.05, 0.1) is 6.42 Å². The molecular weight excluding hydrogens is 462 g/mol. The van der Waals surface area contributed by atoms with Gasteiger partial charge in [-0.15, -0.1) is 0 Å². The summed E-state index contributed by atoms with van der Waals surface area (Å²) in [5.41, 5.74) is 2.80. The Morgan fingerprint density at radius 3 is 2.24 bits per heavy atom. The number of anilines is 2. The summed E-state index contributed by atoms with van der Waals surface area (Å²) in [7, 11) is 1.68. The van der Waals surface area contributed by atoms with Gasteiger partial charge in [0.15, 0.2) is 0 Å². The molecule has 1 atom stereocenters. The molecule has 8 heteroatoms. The van der Waals surface area contributed by atoms with Gasteiger partial charge in [-0.2, -0.15) is 8.78 Å². The van der Waals surface area contributed by atoms with E-state index in [4.69, 9.17) is 11.6 Å². The molecule has 34 heavy (non-hydrogen) atoms. The van der Waals surface area contributed by atoms with Crippen LogP contribution in [0.5, 0.6) is 0 Å². The molecule has 2 N–H and O–H groups in total. The quantitative estimate of drug-likeness (QED) is 0.458. The first-order valence-corrected chi connectivity index (χ1v) is 11.0. The minimum atomic E-state index is -3.36. The molecule has 0 aromatic heterocycles. The van der Waals surface area contributed by atoms with Crippen LogP contribution >= 0.6 is 11.6 Å². The van der Waals surface area contributed by atoms with Gasteiger partial charge in [-0.3, -0.25) is 9.59 Å². The number of amides is 2. The normalized spacial score (nSPS) is 12.2. The monoisotopic (exact) mass is 486 g/mol. The number of hydrogen-bond donors (Lipinski definition) is 2. The molecule has 178 valence electrons. The molecular formula is C26H25ClF2N2O3. The summed E-state index contributed by atoms with van der Waals surface area (Å²) in [5, 5.41) is 12.6. The zero-order chi connectivity index (χ0) is 25.0. The van der Waals surface area contributed by atoms with Crippen molar-refractivity contribution in [2.24, 2.45) is 0 Å². The van der Waals surface area contributed by atoms with Crippen LogP contribution < -0.4 is 10.2 Å². The standard InChI is InChI=1S/C26H25ClF2N2O3/c1-16-14-21(27)10-13-23(16)31(3)25(34)19-6-11-22(12-7-19)30-24(33)15-18-4-8-20(9-5-18)26(28,29)17(2)32/h4-14,17,32H,15H2,1-3H3,(H,30,33). The third kappa shape index (κ3) is 5.79. The van der Waals surface area contributed by atoms with Gasteiger partial charge in [0.25, 0.3) is 11.8 Å². The van der Waals surface area contributed by atoms with Crippen LogP contribution in [0.3, 0.4) is 0 Å². The molecule has 0 aliphatic heterocycles. The Hall–Kier alpha value is -3.29. The molecule has 3 aromatic carbocycles. The second-order valence-corrected chi connectivity index (χ2v) is 8.53. The molecule has 2 amide bonds. The van der Waals surface area contributed by atoms with E-state index >= 15 is 0 Å². The lowest BCUT2D eigenvalue weighted by atomic mass is 10.0. The average molecular weight is 487 g/mol. The van der Waals surface area contributed by atoms with E-state index in [0.717, 1.165) is 18.2 Å². The van der Waals surface area contributed by atoms with Gasteiger partial charge < -0.3 is 15.3 Å². The molecule has 0 heterocycles. The first-order valence-electron chi connectivity index (χ1n) is 10.6. The fourth-order valence-corrected chi connectivity index (χ4v) is 3.70. The van der Waals surface area contributed by atoms with Crippen molar-refractivity contribution < 1.29 is 23.5 Å². The number of carbonyl (C=O) groups is 2. The van der Waals surface area contributed by atoms with E-state index in [-0.39, 0.29) is 23.8 Å². The summed E-state index contributed by atoms with van der Waals surface area (Å²) in [6.45, 7) is 2.90. The minimum Gasteiger partial charge on any atom is -0.387 e. The van der Waals surface area contributed by atoms with Gasteiger partial charge in [0.1, 0.15) is 6.10 Å². The highest BCUT2D eigenvalue weighted by Gasteiger charge is 2.37. The second kappa shape index (κ2) is 10.3. The van der Waals surface area contributed by atoms with E-state index in [1.165, 1.54) is 29.2 Å². The van der Waals surface area contributed by atoms with E-state index in [9.17, 15) is 23.5 Å². The lowest BCUT2D eigenvalue weighted by Gasteiger charge is -2.20. The zero-order valence-corrected chi connectivity index (χ0v) is 19.7. The smallest absolute Gasteiger partial charge is 0.298 e. The highest BCUT2D eigenvalue weighted by Crippen LogP contribution is 2.31. The number of rotatable bonds is 7. The van der Waals surface area contributed by atoms with Gasteiger partial charge in [-0.25, -0.2) is 0 Å². The van der Waals surface area contributed by atoms with Crippen LogP contribution in [0.15, 0.2) is 66.7 Å². The minimum absolute atomic E-state index is 0.0141. The van der Waals surface area contributed by atoms with Crippen molar-refractivity contribution in [3.05, 3.63) is 94.0 Å². The van der Waals surface area contributed by atoms with Crippen molar-refractivity contribution in [2.45, 2.75) is 32.3 Å². The first kappa shape index (κ1) is 25.3. The van der Waals surface area contributed by atoms with Gasteiger partial charge in [0.2, 0.25) is 5.91 Å². The van der Waals surface area contributed by atoms with Crippen LogP contribution in [0.2, 0.25) is 5.02 Å². The maximum Gasteiger partial charge on any atom is 0.298 e. The van der Waals surface area contributed by atoms with E-state index < -0.39 is 12.0 Å². The maximum absolute atomic E-state index is 13.9. The predicted octanol–water partition coefficient (Wildman–Crippen LogP) is 5.58. The summed E-state index contributed by atoms with van der Waals surface area (Å²) < 4.78 is 27.7. The van der Waals surface area contributed by atoms with Crippen molar-refractivity contribution in [3.8, 4) is 0 Å². The zero-order valence-electron chi connectivity index (χ0n) is 19.0. The molecule has 0 fully saturated rings. The molecule has 0 aliphatic carbocycles. The number of carbonyl (C=O) groups excluding carboxylic acids is 2. The van der Waals surface area contributed by atoms with Gasteiger partial charge >= 0.3 is 0 Å². The number of benzene rings is 3. The topological polar surface area (TPSA) is 69.6 Å². The number of aryl methyl sites for hydroxylation is 1. The number of hydrogen-bond acceptors (Lipinski definition) is 3. The summed E-state index contributed by atoms with van der Waals surface area (Å²) in [4.78, 5) is 26.7. The number of aliphatic hydroxyl groups excluding tert-OH is 1. The Balaban J connectivity index is 1.62. The number of alkyl halides is 2. The maximum atomic E-state index is 13.9. The number of halogens is 3. The van der Waals surface area contributed by atoms with Crippen LogP contribution in [0.4, 0.5) is 20.2 Å². The Labute approximate surface area is 202 Å². The SMILES string of the molecule is Cc1cc(Cl)ccc1N(C)C(=O)c1ccc(NC(=O)Cc2ccc(C(F)(F)C(C)O)cc2)cc1. The van der Waals surface area contributed by atoms with Crippen LogP contribution in [-0.2, 0) is 17.1 Å². The van der Waals surface area contributed by atoms with Crippen LogP contribution in [0, 0.1) is 6.92 Å².